The van der Waals surface area contributed by atoms with E-state index in [9.17, 15) is 0 Å². The predicted octanol–water partition coefficient (Wildman–Crippen LogP) is 2.81. The van der Waals surface area contributed by atoms with Gasteiger partial charge >= 0.3 is 0 Å². The molecule has 1 aliphatic rings. The third-order valence-corrected chi connectivity index (χ3v) is 3.05. The molecule has 3 nitrogen and oxygen atoms in total. The molecule has 1 aliphatic heterocycles. The van der Waals surface area contributed by atoms with Gasteiger partial charge in [0.25, 0.3) is 0 Å². The molecule has 0 radical (unpaired) electrons. The molecule has 0 aromatic heterocycles. The van der Waals surface area contributed by atoms with Crippen LogP contribution in [-0.2, 0) is 4.74 Å². The molecule has 2 unspecified atom stereocenters. The van der Waals surface area contributed by atoms with Crippen molar-refractivity contribution >= 4 is 10.8 Å². The van der Waals surface area contributed by atoms with Gasteiger partial charge in [0.2, 0.25) is 0 Å². The second-order valence-corrected chi connectivity index (χ2v) is 4.01. The van der Waals surface area contributed by atoms with Crippen LogP contribution >= 0.6 is 0 Å². The fourth-order valence-electron chi connectivity index (χ4n) is 2.18. The number of ether oxygens (including phenoxy) is 2. The topological polar surface area (TPSA) is 45.5 Å². The highest BCUT2D eigenvalue weighted by Crippen LogP contribution is 2.45. The Morgan fingerprint density at radius 2 is 2.06 bits per heavy atom. The van der Waals surface area contributed by atoms with E-state index < -0.39 is 0 Å². The summed E-state index contributed by atoms with van der Waals surface area (Å²) in [6.07, 6.45) is -0.490. The van der Waals surface area contributed by atoms with E-state index in [0.29, 0.717) is 0 Å². The highest BCUT2D eigenvalue weighted by molar-refractivity contribution is 5.88. The molecular formula is C14H11NO2. The monoisotopic (exact) mass is 225 g/mol. The SMILES string of the molecule is COc1ccc2ccccc2c1C1OC1C#N. The minimum absolute atomic E-state index is 0.152. The largest absolute Gasteiger partial charge is 0.496 e. The molecule has 0 amide bonds. The van der Waals surface area contributed by atoms with E-state index >= 15 is 0 Å². The molecule has 3 rings (SSSR count). The number of nitriles is 1. The van der Waals surface area contributed by atoms with Gasteiger partial charge in [-0.05, 0) is 16.8 Å². The predicted molar refractivity (Wildman–Crippen MR) is 63.7 cm³/mol. The van der Waals surface area contributed by atoms with Crippen molar-refractivity contribution in [3.05, 3.63) is 42.0 Å². The third-order valence-electron chi connectivity index (χ3n) is 3.05. The van der Waals surface area contributed by atoms with Gasteiger partial charge in [-0.2, -0.15) is 5.26 Å². The van der Waals surface area contributed by atoms with E-state index in [0.717, 1.165) is 22.1 Å². The Bertz CT molecular complexity index is 615. The van der Waals surface area contributed by atoms with Crippen LogP contribution in [0.2, 0.25) is 0 Å². The fourth-order valence-corrected chi connectivity index (χ4v) is 2.18. The average molecular weight is 225 g/mol. The number of benzene rings is 2. The lowest BCUT2D eigenvalue weighted by molar-refractivity contribution is 0.377. The number of hydrogen-bond donors (Lipinski definition) is 0. The smallest absolute Gasteiger partial charge is 0.175 e. The first-order valence-electron chi connectivity index (χ1n) is 5.46. The van der Waals surface area contributed by atoms with Gasteiger partial charge in [0.05, 0.1) is 13.2 Å². The lowest BCUT2D eigenvalue weighted by Gasteiger charge is -2.09. The Kier molecular flexibility index (Phi) is 2.24. The summed E-state index contributed by atoms with van der Waals surface area (Å²) in [7, 11) is 1.64. The molecule has 0 aliphatic carbocycles. The zero-order valence-electron chi connectivity index (χ0n) is 9.38. The van der Waals surface area contributed by atoms with E-state index in [-0.39, 0.29) is 12.2 Å². The Morgan fingerprint density at radius 1 is 1.24 bits per heavy atom. The second kappa shape index (κ2) is 3.76. The number of epoxide rings is 1. The normalized spacial score (nSPS) is 22.1. The van der Waals surface area contributed by atoms with Gasteiger partial charge in [0.1, 0.15) is 11.9 Å². The van der Waals surface area contributed by atoms with Crippen LogP contribution < -0.4 is 4.74 Å². The van der Waals surface area contributed by atoms with Crippen LogP contribution in [0.1, 0.15) is 11.7 Å². The lowest BCUT2D eigenvalue weighted by atomic mass is 10.00. The summed E-state index contributed by atoms with van der Waals surface area (Å²) >= 11 is 0. The Hall–Kier alpha value is -2.05. The Morgan fingerprint density at radius 3 is 2.76 bits per heavy atom. The number of hydrogen-bond acceptors (Lipinski definition) is 3. The summed E-state index contributed by atoms with van der Waals surface area (Å²) in [6, 6.07) is 14.1. The summed E-state index contributed by atoms with van der Waals surface area (Å²) in [5.74, 6) is 0.784. The van der Waals surface area contributed by atoms with Crippen molar-refractivity contribution in [2.24, 2.45) is 0 Å². The molecule has 17 heavy (non-hydrogen) atoms. The van der Waals surface area contributed by atoms with Crippen molar-refractivity contribution in [3.8, 4) is 11.8 Å². The molecule has 2 aromatic rings. The van der Waals surface area contributed by atoms with Crippen LogP contribution in [0, 0.1) is 11.3 Å². The summed E-state index contributed by atoms with van der Waals surface area (Å²) < 4.78 is 10.7. The Labute approximate surface area is 99.2 Å². The average Bonchev–Trinajstić information content (AvgIpc) is 3.16. The van der Waals surface area contributed by atoms with E-state index in [4.69, 9.17) is 14.7 Å². The molecule has 0 N–H and O–H groups in total. The molecular weight excluding hydrogens is 214 g/mol. The second-order valence-electron chi connectivity index (χ2n) is 4.01. The van der Waals surface area contributed by atoms with Crippen molar-refractivity contribution in [2.45, 2.75) is 12.2 Å². The number of nitrogens with zero attached hydrogens (tertiary/aromatic N) is 1. The van der Waals surface area contributed by atoms with Crippen LogP contribution in [-0.4, -0.2) is 13.2 Å². The van der Waals surface area contributed by atoms with E-state index in [2.05, 4.69) is 6.07 Å². The van der Waals surface area contributed by atoms with E-state index in [1.165, 1.54) is 0 Å². The van der Waals surface area contributed by atoms with Crippen molar-refractivity contribution in [2.75, 3.05) is 7.11 Å². The van der Waals surface area contributed by atoms with Crippen molar-refractivity contribution in [1.82, 2.24) is 0 Å². The molecule has 1 heterocycles. The summed E-state index contributed by atoms with van der Waals surface area (Å²) in [6.45, 7) is 0. The maximum absolute atomic E-state index is 8.86. The standard InChI is InChI=1S/C14H11NO2/c1-16-11-7-6-9-4-2-3-5-10(9)13(11)14-12(8-15)17-14/h2-7,12,14H,1H3. The van der Waals surface area contributed by atoms with Crippen LogP contribution in [0.15, 0.2) is 36.4 Å². The molecule has 2 atom stereocenters. The van der Waals surface area contributed by atoms with Crippen LogP contribution in [0.4, 0.5) is 0 Å². The van der Waals surface area contributed by atoms with Crippen molar-refractivity contribution in [1.29, 1.82) is 5.26 Å². The Balaban J connectivity index is 2.22. The molecule has 84 valence electrons. The van der Waals surface area contributed by atoms with Gasteiger partial charge < -0.3 is 9.47 Å². The third kappa shape index (κ3) is 1.54. The lowest BCUT2D eigenvalue weighted by Crippen LogP contribution is -1.94. The summed E-state index contributed by atoms with van der Waals surface area (Å²) in [4.78, 5) is 0. The summed E-state index contributed by atoms with van der Waals surface area (Å²) in [5.41, 5.74) is 0.983. The van der Waals surface area contributed by atoms with E-state index in [1.54, 1.807) is 7.11 Å². The molecule has 0 saturated carbocycles. The first-order valence-corrected chi connectivity index (χ1v) is 5.46. The van der Waals surface area contributed by atoms with Gasteiger partial charge in [-0.15, -0.1) is 0 Å². The maximum Gasteiger partial charge on any atom is 0.175 e. The number of rotatable bonds is 2. The highest BCUT2D eigenvalue weighted by Gasteiger charge is 2.43. The van der Waals surface area contributed by atoms with Crippen molar-refractivity contribution in [3.63, 3.8) is 0 Å². The first kappa shape index (κ1) is 10.1. The minimum atomic E-state index is -0.338. The van der Waals surface area contributed by atoms with Gasteiger partial charge in [0, 0.05) is 5.56 Å². The highest BCUT2D eigenvalue weighted by atomic mass is 16.6. The molecule has 1 fully saturated rings. The number of methoxy groups -OCH3 is 1. The maximum atomic E-state index is 8.86. The molecule has 2 aromatic carbocycles. The van der Waals surface area contributed by atoms with Crippen LogP contribution in [0.3, 0.4) is 0 Å². The fraction of sp³-hybridized carbons (Fsp3) is 0.214. The number of fused-ring (bicyclic) bond motifs is 1. The van der Waals surface area contributed by atoms with Gasteiger partial charge in [0.15, 0.2) is 6.10 Å². The van der Waals surface area contributed by atoms with Gasteiger partial charge in [-0.1, -0.05) is 30.3 Å². The van der Waals surface area contributed by atoms with Gasteiger partial charge in [-0.3, -0.25) is 0 Å². The van der Waals surface area contributed by atoms with Crippen molar-refractivity contribution < 1.29 is 9.47 Å². The molecule has 0 spiro atoms. The molecule has 3 heteroatoms. The van der Waals surface area contributed by atoms with Crippen LogP contribution in [0.25, 0.3) is 10.8 Å². The minimum Gasteiger partial charge on any atom is -0.496 e. The molecule has 0 bridgehead atoms. The van der Waals surface area contributed by atoms with Gasteiger partial charge in [-0.25, -0.2) is 0 Å². The zero-order valence-corrected chi connectivity index (χ0v) is 9.38. The quantitative estimate of drug-likeness (QED) is 0.738. The van der Waals surface area contributed by atoms with E-state index in [1.807, 2.05) is 36.4 Å². The zero-order chi connectivity index (χ0) is 11.8. The van der Waals surface area contributed by atoms with Crippen LogP contribution in [0.5, 0.6) is 5.75 Å². The summed E-state index contributed by atoms with van der Waals surface area (Å²) in [5, 5.41) is 11.1. The molecule has 1 saturated heterocycles. The first-order chi connectivity index (χ1) is 8.35.